The number of aromatic nitrogens is 3. The van der Waals surface area contributed by atoms with Gasteiger partial charge in [0.1, 0.15) is 5.82 Å². The van der Waals surface area contributed by atoms with E-state index >= 15 is 0 Å². The second-order valence-corrected chi connectivity index (χ2v) is 6.96. The predicted octanol–water partition coefficient (Wildman–Crippen LogP) is 3.08. The van der Waals surface area contributed by atoms with Crippen molar-refractivity contribution in [3.63, 3.8) is 0 Å². The molecule has 0 spiro atoms. The van der Waals surface area contributed by atoms with Crippen LogP contribution >= 0.6 is 24.0 Å². The van der Waals surface area contributed by atoms with Gasteiger partial charge < -0.3 is 15.5 Å². The summed E-state index contributed by atoms with van der Waals surface area (Å²) in [5.74, 6) is 2.53. The topological polar surface area (TPSA) is 70.4 Å². The van der Waals surface area contributed by atoms with Crippen molar-refractivity contribution in [2.24, 2.45) is 12.0 Å². The highest BCUT2D eigenvalue weighted by atomic mass is 127. The van der Waals surface area contributed by atoms with Gasteiger partial charge in [-0.15, -0.1) is 24.0 Å². The third-order valence-electron chi connectivity index (χ3n) is 4.84. The van der Waals surface area contributed by atoms with E-state index in [2.05, 4.69) is 38.7 Å². The van der Waals surface area contributed by atoms with Gasteiger partial charge in [0.05, 0.1) is 6.20 Å². The molecule has 28 heavy (non-hydrogen) atoms. The molecule has 2 aromatic rings. The van der Waals surface area contributed by atoms with Gasteiger partial charge in [-0.25, -0.2) is 4.98 Å². The van der Waals surface area contributed by atoms with E-state index in [0.717, 1.165) is 63.8 Å². The molecule has 3 rings (SSSR count). The van der Waals surface area contributed by atoms with Crippen LogP contribution in [0, 0.1) is 0 Å². The summed E-state index contributed by atoms with van der Waals surface area (Å²) in [4.78, 5) is 11.5. The van der Waals surface area contributed by atoms with Crippen molar-refractivity contribution in [1.82, 2.24) is 25.0 Å². The summed E-state index contributed by atoms with van der Waals surface area (Å²) in [5.41, 5.74) is 1.33. The van der Waals surface area contributed by atoms with Gasteiger partial charge in [0.25, 0.3) is 0 Å². The molecule has 8 heteroatoms. The van der Waals surface area contributed by atoms with Crippen LogP contribution in [0.2, 0.25) is 0 Å². The number of rotatable bonds is 8. The fourth-order valence-electron chi connectivity index (χ4n) is 3.41. The van der Waals surface area contributed by atoms with Crippen molar-refractivity contribution >= 4 is 35.8 Å². The quantitative estimate of drug-likeness (QED) is 0.254. The van der Waals surface area contributed by atoms with Crippen LogP contribution in [0.1, 0.15) is 37.7 Å². The van der Waals surface area contributed by atoms with Crippen LogP contribution in [-0.4, -0.2) is 58.3 Å². The minimum atomic E-state index is 0. The minimum Gasteiger partial charge on any atom is -0.370 e. The van der Waals surface area contributed by atoms with Crippen molar-refractivity contribution in [3.05, 3.63) is 42.4 Å². The third kappa shape index (κ3) is 6.65. The Morgan fingerprint density at radius 1 is 1.32 bits per heavy atom. The molecule has 1 unspecified atom stereocenters. The second-order valence-electron chi connectivity index (χ2n) is 6.96. The molecule has 7 nitrogen and oxygen atoms in total. The number of aryl methyl sites for hydroxylation is 1. The first-order valence-electron chi connectivity index (χ1n) is 9.93. The zero-order valence-corrected chi connectivity index (χ0v) is 19.2. The maximum atomic E-state index is 4.84. The molecule has 1 saturated heterocycles. The molecule has 0 aliphatic carbocycles. The molecule has 1 aliphatic heterocycles. The number of hydrogen-bond donors (Lipinski definition) is 2. The van der Waals surface area contributed by atoms with Gasteiger partial charge in [0.2, 0.25) is 0 Å². The van der Waals surface area contributed by atoms with E-state index in [9.17, 15) is 0 Å². The van der Waals surface area contributed by atoms with E-state index in [1.54, 1.807) is 0 Å². The van der Waals surface area contributed by atoms with E-state index in [-0.39, 0.29) is 24.0 Å². The molecule has 0 radical (unpaired) electrons. The number of likely N-dealkylation sites (tertiary alicyclic amines) is 1. The lowest BCUT2D eigenvalue weighted by molar-refractivity contribution is 0.485. The Balaban J connectivity index is 0.00000280. The maximum Gasteiger partial charge on any atom is 0.193 e. The number of unbranched alkanes of at least 4 members (excludes halogenated alkanes) is 1. The second kappa shape index (κ2) is 11.9. The molecule has 2 N–H and O–H groups in total. The molecular weight excluding hydrogens is 465 g/mol. The standard InChI is InChI=1S/C20H31N7.HI/c1-3-21-20(24-12-7-6-11-23-19-8-4-5-10-22-19)27-13-9-17(16-27)18-14-25-26(2)15-18;/h4-5,8,10,14-15,17H,3,6-7,9,11-13,16H2,1-2H3,(H,21,24)(H,22,23);1H. The summed E-state index contributed by atoms with van der Waals surface area (Å²) in [6.07, 6.45) is 9.24. The van der Waals surface area contributed by atoms with E-state index in [1.807, 2.05) is 42.3 Å². The summed E-state index contributed by atoms with van der Waals surface area (Å²) in [6.45, 7) is 6.86. The van der Waals surface area contributed by atoms with Crippen molar-refractivity contribution in [1.29, 1.82) is 0 Å². The number of nitrogens with zero attached hydrogens (tertiary/aromatic N) is 5. The predicted molar refractivity (Wildman–Crippen MR) is 125 cm³/mol. The number of hydrogen-bond acceptors (Lipinski definition) is 4. The maximum absolute atomic E-state index is 4.84. The number of pyridine rings is 1. The van der Waals surface area contributed by atoms with E-state index in [1.165, 1.54) is 5.56 Å². The van der Waals surface area contributed by atoms with Crippen molar-refractivity contribution in [3.8, 4) is 0 Å². The molecule has 2 aromatic heterocycles. The average Bonchev–Trinajstić information content (AvgIpc) is 3.33. The summed E-state index contributed by atoms with van der Waals surface area (Å²) in [7, 11) is 1.98. The number of guanidine groups is 1. The summed E-state index contributed by atoms with van der Waals surface area (Å²) in [6, 6.07) is 5.92. The smallest absolute Gasteiger partial charge is 0.193 e. The first-order valence-corrected chi connectivity index (χ1v) is 9.93. The minimum absolute atomic E-state index is 0. The van der Waals surface area contributed by atoms with Gasteiger partial charge in [0, 0.05) is 58.1 Å². The number of nitrogens with one attached hydrogen (secondary N) is 2. The molecular formula is C20H32IN7. The van der Waals surface area contributed by atoms with Gasteiger partial charge in [-0.05, 0) is 43.9 Å². The van der Waals surface area contributed by atoms with Gasteiger partial charge >= 0.3 is 0 Å². The molecule has 0 bridgehead atoms. The summed E-state index contributed by atoms with van der Waals surface area (Å²) < 4.78 is 1.89. The van der Waals surface area contributed by atoms with E-state index in [0.29, 0.717) is 5.92 Å². The van der Waals surface area contributed by atoms with Crippen LogP contribution in [0.25, 0.3) is 0 Å². The van der Waals surface area contributed by atoms with Crippen molar-refractivity contribution in [2.75, 3.05) is 38.0 Å². The number of anilines is 1. The molecule has 1 aliphatic rings. The molecule has 0 aromatic carbocycles. The lowest BCUT2D eigenvalue weighted by Crippen LogP contribution is -2.40. The van der Waals surface area contributed by atoms with Crippen LogP contribution in [0.5, 0.6) is 0 Å². The normalized spacial score (nSPS) is 16.7. The third-order valence-corrected chi connectivity index (χ3v) is 4.84. The molecule has 154 valence electrons. The Bertz CT molecular complexity index is 716. The lowest BCUT2D eigenvalue weighted by Gasteiger charge is -2.21. The van der Waals surface area contributed by atoms with Crippen LogP contribution in [0.4, 0.5) is 5.82 Å². The van der Waals surface area contributed by atoms with Crippen molar-refractivity contribution < 1.29 is 0 Å². The Morgan fingerprint density at radius 2 is 2.21 bits per heavy atom. The monoisotopic (exact) mass is 497 g/mol. The zero-order valence-electron chi connectivity index (χ0n) is 16.8. The highest BCUT2D eigenvalue weighted by Crippen LogP contribution is 2.26. The van der Waals surface area contributed by atoms with E-state index in [4.69, 9.17) is 4.99 Å². The molecule has 0 saturated carbocycles. The van der Waals surface area contributed by atoms with Crippen molar-refractivity contribution in [2.45, 2.75) is 32.1 Å². The van der Waals surface area contributed by atoms with Crippen LogP contribution in [-0.2, 0) is 7.05 Å². The van der Waals surface area contributed by atoms with Gasteiger partial charge in [-0.2, -0.15) is 5.10 Å². The van der Waals surface area contributed by atoms with Crippen LogP contribution < -0.4 is 10.6 Å². The fraction of sp³-hybridized carbons (Fsp3) is 0.550. The first kappa shape index (κ1) is 22.4. The molecule has 0 amide bonds. The van der Waals surface area contributed by atoms with Gasteiger partial charge in [-0.3, -0.25) is 9.67 Å². The van der Waals surface area contributed by atoms with Crippen LogP contribution in [0.3, 0.4) is 0 Å². The largest absolute Gasteiger partial charge is 0.370 e. The molecule has 3 heterocycles. The van der Waals surface area contributed by atoms with Gasteiger partial charge in [-0.1, -0.05) is 6.07 Å². The highest BCUT2D eigenvalue weighted by Gasteiger charge is 2.26. The SMILES string of the molecule is CCNC(=NCCCCNc1ccccn1)N1CCC(c2cnn(C)c2)C1.I. The van der Waals surface area contributed by atoms with E-state index < -0.39 is 0 Å². The zero-order chi connectivity index (χ0) is 18.9. The number of halogens is 1. The molecule has 1 atom stereocenters. The Kier molecular flexibility index (Phi) is 9.52. The fourth-order valence-corrected chi connectivity index (χ4v) is 3.41. The Labute approximate surface area is 185 Å². The first-order chi connectivity index (χ1) is 13.3. The lowest BCUT2D eigenvalue weighted by atomic mass is 10.0. The average molecular weight is 497 g/mol. The highest BCUT2D eigenvalue weighted by molar-refractivity contribution is 14.0. The summed E-state index contributed by atoms with van der Waals surface area (Å²) in [5, 5.41) is 11.1. The Morgan fingerprint density at radius 3 is 2.93 bits per heavy atom. The van der Waals surface area contributed by atoms with Gasteiger partial charge in [0.15, 0.2) is 5.96 Å². The van der Waals surface area contributed by atoms with Crippen LogP contribution in [0.15, 0.2) is 41.8 Å². The number of aliphatic imine (C=N–C) groups is 1. The Hall–Kier alpha value is -1.84. The summed E-state index contributed by atoms with van der Waals surface area (Å²) >= 11 is 0. The molecule has 1 fully saturated rings.